The van der Waals surface area contributed by atoms with Crippen LogP contribution >= 0.6 is 23.4 Å². The van der Waals surface area contributed by atoms with Gasteiger partial charge in [-0.2, -0.15) is 4.72 Å². The van der Waals surface area contributed by atoms with Gasteiger partial charge in [-0.15, -0.1) is 11.8 Å². The number of carboxylic acids is 1. The third-order valence-corrected chi connectivity index (χ3v) is 10.5. The maximum absolute atomic E-state index is 13.4. The van der Waals surface area contributed by atoms with Crippen LogP contribution < -0.4 is 9.62 Å². The molecule has 34 heavy (non-hydrogen) atoms. The van der Waals surface area contributed by atoms with E-state index < -0.39 is 33.4 Å². The van der Waals surface area contributed by atoms with E-state index >= 15 is 0 Å². The Morgan fingerprint density at radius 2 is 1.88 bits per heavy atom. The molecule has 3 aliphatic rings. The molecule has 4 atom stereocenters. The second kappa shape index (κ2) is 8.41. The Morgan fingerprint density at radius 1 is 1.18 bits per heavy atom. The van der Waals surface area contributed by atoms with E-state index in [1.54, 1.807) is 47.4 Å². The van der Waals surface area contributed by atoms with Crippen molar-refractivity contribution >= 4 is 50.9 Å². The summed E-state index contributed by atoms with van der Waals surface area (Å²) in [7, 11) is -4.07. The third-order valence-electron chi connectivity index (χ3n) is 6.90. The minimum Gasteiger partial charge on any atom is -0.480 e. The van der Waals surface area contributed by atoms with Gasteiger partial charge < -0.3 is 10.0 Å². The van der Waals surface area contributed by atoms with Gasteiger partial charge in [0.25, 0.3) is 0 Å². The minimum absolute atomic E-state index is 0.0841. The zero-order valence-electron chi connectivity index (χ0n) is 18.3. The van der Waals surface area contributed by atoms with Crippen LogP contribution in [0, 0.1) is 5.92 Å². The summed E-state index contributed by atoms with van der Waals surface area (Å²) in [5, 5.41) is 10.8. The molecule has 1 saturated carbocycles. The third kappa shape index (κ3) is 3.75. The molecule has 2 N–H and O–H groups in total. The summed E-state index contributed by atoms with van der Waals surface area (Å²) in [6, 6.07) is 14.4. The maximum Gasteiger partial charge on any atom is 0.325 e. The molecule has 1 fully saturated rings. The van der Waals surface area contributed by atoms with Crippen LogP contribution in [0.4, 0.5) is 5.69 Å². The molecule has 2 heterocycles. The highest BCUT2D eigenvalue weighted by Gasteiger charge is 2.73. The van der Waals surface area contributed by atoms with E-state index in [0.717, 1.165) is 5.56 Å². The number of fused-ring (bicyclic) bond motifs is 3. The van der Waals surface area contributed by atoms with Crippen LogP contribution in [0.5, 0.6) is 0 Å². The average molecular weight is 519 g/mol. The summed E-state index contributed by atoms with van der Waals surface area (Å²) in [5.41, 5.74) is 0.635. The average Bonchev–Trinajstić information content (AvgIpc) is 3.18. The number of nitrogens with one attached hydrogen (secondary N) is 1. The lowest BCUT2D eigenvalue weighted by Crippen LogP contribution is -2.47. The molecule has 5 rings (SSSR count). The van der Waals surface area contributed by atoms with Crippen LogP contribution in [0.25, 0.3) is 0 Å². The first-order valence-electron chi connectivity index (χ1n) is 10.9. The number of hydrogen-bond acceptors (Lipinski definition) is 5. The van der Waals surface area contributed by atoms with Crippen molar-refractivity contribution in [3.05, 3.63) is 75.0 Å². The van der Waals surface area contributed by atoms with Gasteiger partial charge in [0.1, 0.15) is 9.78 Å². The first kappa shape index (κ1) is 23.4. The monoisotopic (exact) mass is 518 g/mol. The lowest BCUT2D eigenvalue weighted by Gasteiger charge is -2.25. The molecule has 7 nitrogen and oxygen atoms in total. The Balaban J connectivity index is 1.43. The molecule has 178 valence electrons. The molecular weight excluding hydrogens is 496 g/mol. The number of carbonyl (C=O) groups is 2. The number of hydrogen-bond donors (Lipinski definition) is 2. The van der Waals surface area contributed by atoms with Gasteiger partial charge in [-0.25, -0.2) is 8.42 Å². The maximum atomic E-state index is 13.4. The molecular formula is C24H23ClN2O5S2. The number of amides is 1. The fraction of sp³-hybridized carbons (Fsp3) is 0.333. The van der Waals surface area contributed by atoms with E-state index in [1.165, 1.54) is 18.7 Å². The quantitative estimate of drug-likeness (QED) is 0.612. The van der Waals surface area contributed by atoms with Crippen molar-refractivity contribution in [1.82, 2.24) is 4.72 Å². The van der Waals surface area contributed by atoms with Crippen LogP contribution in [0.1, 0.15) is 42.1 Å². The van der Waals surface area contributed by atoms with Gasteiger partial charge in [-0.1, -0.05) is 48.0 Å². The fourth-order valence-electron chi connectivity index (χ4n) is 5.27. The van der Waals surface area contributed by atoms with Crippen molar-refractivity contribution in [2.75, 3.05) is 11.4 Å². The summed E-state index contributed by atoms with van der Waals surface area (Å²) in [5.74, 6) is -2.34. The number of halogens is 1. The summed E-state index contributed by atoms with van der Waals surface area (Å²) in [4.78, 5) is 26.4. The Hall–Kier alpha value is -2.33. The lowest BCUT2D eigenvalue weighted by atomic mass is 10.0. The van der Waals surface area contributed by atoms with Gasteiger partial charge in [-0.3, -0.25) is 9.59 Å². The van der Waals surface area contributed by atoms with Crippen LogP contribution in [-0.2, 0) is 19.6 Å². The van der Waals surface area contributed by atoms with E-state index in [0.29, 0.717) is 35.7 Å². The zero-order chi connectivity index (χ0) is 24.3. The highest BCUT2D eigenvalue weighted by molar-refractivity contribution is 8.18. The molecule has 0 radical (unpaired) electrons. The number of aliphatic carboxylic acids is 1. The molecule has 1 aliphatic carbocycles. The fourth-order valence-corrected chi connectivity index (χ4v) is 8.56. The number of nitrogens with zero attached hydrogens (tertiary/aromatic N) is 1. The number of thioether (sulfide) groups is 1. The van der Waals surface area contributed by atoms with Gasteiger partial charge in [0, 0.05) is 41.3 Å². The molecule has 4 unspecified atom stereocenters. The Labute approximate surface area is 207 Å². The van der Waals surface area contributed by atoms with Gasteiger partial charge in [0.05, 0.1) is 0 Å². The number of allylic oxidation sites excluding steroid dienone is 1. The minimum atomic E-state index is -4.07. The second-order valence-corrected chi connectivity index (χ2v) is 12.4. The molecule has 2 aromatic rings. The van der Waals surface area contributed by atoms with Crippen molar-refractivity contribution in [1.29, 1.82) is 0 Å². The van der Waals surface area contributed by atoms with Gasteiger partial charge in [0.15, 0.2) is 0 Å². The SMILES string of the molecule is CC(=O)N1CCC2C(c3ccccc31)C2(NS(=O)(=O)C1=CCC(c2ccc(Cl)cc2)S1)C(=O)O. The number of benzene rings is 2. The first-order valence-corrected chi connectivity index (χ1v) is 13.7. The number of carbonyl (C=O) groups excluding carboxylic acids is 1. The molecule has 10 heteroatoms. The molecule has 0 aromatic heterocycles. The summed E-state index contributed by atoms with van der Waals surface area (Å²) >= 11 is 7.17. The van der Waals surface area contributed by atoms with Crippen molar-refractivity contribution in [3.8, 4) is 0 Å². The van der Waals surface area contributed by atoms with Crippen LogP contribution in [-0.4, -0.2) is 37.5 Å². The number of sulfonamides is 1. The van der Waals surface area contributed by atoms with E-state index in [2.05, 4.69) is 4.72 Å². The van der Waals surface area contributed by atoms with E-state index in [-0.39, 0.29) is 15.4 Å². The standard InChI is InChI=1S/C24H23ClN2O5S2/c1-14(28)27-13-12-18-22(17-4-2-3-5-19(17)27)24(18,23(29)30)26-34(31,32)21-11-10-20(33-21)15-6-8-16(25)9-7-15/h2-9,11,18,20,22,26H,10,12-13H2,1H3,(H,29,30). The predicted molar refractivity (Wildman–Crippen MR) is 132 cm³/mol. The molecule has 1 amide bonds. The lowest BCUT2D eigenvalue weighted by molar-refractivity contribution is -0.140. The molecule has 2 aromatic carbocycles. The number of rotatable bonds is 5. The predicted octanol–water partition coefficient (Wildman–Crippen LogP) is 4.27. The van der Waals surface area contributed by atoms with Crippen molar-refractivity contribution in [3.63, 3.8) is 0 Å². The Morgan fingerprint density at radius 3 is 2.56 bits per heavy atom. The van der Waals surface area contributed by atoms with Crippen molar-refractivity contribution < 1.29 is 23.1 Å². The van der Waals surface area contributed by atoms with E-state index in [9.17, 15) is 23.1 Å². The van der Waals surface area contributed by atoms with Gasteiger partial charge in [-0.05, 0) is 42.2 Å². The van der Waals surface area contributed by atoms with Crippen LogP contribution in [0.15, 0.2) is 58.8 Å². The number of anilines is 1. The summed E-state index contributed by atoms with van der Waals surface area (Å²) in [6.45, 7) is 1.81. The highest BCUT2D eigenvalue weighted by Crippen LogP contribution is 2.63. The molecule has 2 aliphatic heterocycles. The van der Waals surface area contributed by atoms with E-state index in [1.807, 2.05) is 12.1 Å². The molecule has 0 bridgehead atoms. The number of para-hydroxylation sites is 1. The van der Waals surface area contributed by atoms with E-state index in [4.69, 9.17) is 11.6 Å². The molecule has 0 saturated heterocycles. The summed E-state index contributed by atoms with van der Waals surface area (Å²) < 4.78 is 29.5. The highest BCUT2D eigenvalue weighted by atomic mass is 35.5. The van der Waals surface area contributed by atoms with Crippen molar-refractivity contribution in [2.45, 2.75) is 36.5 Å². The zero-order valence-corrected chi connectivity index (χ0v) is 20.7. The topological polar surface area (TPSA) is 104 Å². The number of carboxylic acid groups (broad SMARTS) is 1. The van der Waals surface area contributed by atoms with Crippen LogP contribution in [0.3, 0.4) is 0 Å². The smallest absolute Gasteiger partial charge is 0.325 e. The Kier molecular flexibility index (Phi) is 5.79. The van der Waals surface area contributed by atoms with Gasteiger partial charge in [0.2, 0.25) is 15.9 Å². The summed E-state index contributed by atoms with van der Waals surface area (Å²) in [6.07, 6.45) is 2.55. The van der Waals surface area contributed by atoms with Crippen LogP contribution in [0.2, 0.25) is 5.02 Å². The van der Waals surface area contributed by atoms with Gasteiger partial charge >= 0.3 is 5.97 Å². The second-order valence-electron chi connectivity index (χ2n) is 8.80. The van der Waals surface area contributed by atoms with Crippen molar-refractivity contribution in [2.24, 2.45) is 5.92 Å². The normalized spacial score (nSPS) is 27.9. The first-order chi connectivity index (χ1) is 16.1. The Bertz CT molecular complexity index is 1310. The molecule has 0 spiro atoms. The largest absolute Gasteiger partial charge is 0.480 e.